The fourth-order valence-corrected chi connectivity index (χ4v) is 4.64. The van der Waals surface area contributed by atoms with Gasteiger partial charge in [0.15, 0.2) is 16.4 Å². The molecule has 0 saturated heterocycles. The molecule has 0 fully saturated rings. The number of rotatable bonds is 7. The van der Waals surface area contributed by atoms with Gasteiger partial charge < -0.3 is 5.32 Å². The molecule has 4 aromatic heterocycles. The number of pyridine rings is 1. The quantitative estimate of drug-likeness (QED) is 0.418. The Morgan fingerprint density at radius 2 is 1.94 bits per heavy atom. The fourth-order valence-electron chi connectivity index (χ4n) is 3.77. The summed E-state index contributed by atoms with van der Waals surface area (Å²) in [7, 11) is 0. The SMILES string of the molecule is CCCC(NC(=O)Cc1csc2nc(-c3ccccc3)cn12)c1nnc2ccccn12. The molecule has 0 saturated carbocycles. The number of imidazole rings is 1. The smallest absolute Gasteiger partial charge is 0.226 e. The van der Waals surface area contributed by atoms with Crippen molar-refractivity contribution in [2.24, 2.45) is 0 Å². The maximum Gasteiger partial charge on any atom is 0.226 e. The molecule has 1 N–H and O–H groups in total. The summed E-state index contributed by atoms with van der Waals surface area (Å²) in [6.07, 6.45) is 5.93. The van der Waals surface area contributed by atoms with Gasteiger partial charge in [-0.3, -0.25) is 13.6 Å². The molecule has 1 aromatic carbocycles. The minimum atomic E-state index is -0.188. The van der Waals surface area contributed by atoms with Gasteiger partial charge >= 0.3 is 0 Å². The molecule has 5 aromatic rings. The van der Waals surface area contributed by atoms with Gasteiger partial charge in [-0.2, -0.15) is 0 Å². The minimum absolute atomic E-state index is 0.0409. The lowest BCUT2D eigenvalue weighted by Crippen LogP contribution is -2.31. The molecular formula is C23H22N6OS. The molecule has 1 atom stereocenters. The summed E-state index contributed by atoms with van der Waals surface area (Å²) in [5, 5.41) is 13.7. The number of nitrogens with zero attached hydrogens (tertiary/aromatic N) is 5. The van der Waals surface area contributed by atoms with Crippen LogP contribution >= 0.6 is 11.3 Å². The van der Waals surface area contributed by atoms with Gasteiger partial charge in [-0.15, -0.1) is 21.5 Å². The number of thiazole rings is 1. The zero-order chi connectivity index (χ0) is 21.2. The third kappa shape index (κ3) is 3.82. The van der Waals surface area contributed by atoms with Gasteiger partial charge in [0.1, 0.15) is 0 Å². The molecule has 0 aliphatic rings. The van der Waals surface area contributed by atoms with Gasteiger partial charge in [0.05, 0.1) is 18.2 Å². The second-order valence-electron chi connectivity index (χ2n) is 7.44. The molecule has 0 bridgehead atoms. The Morgan fingerprint density at radius 3 is 2.77 bits per heavy atom. The van der Waals surface area contributed by atoms with Crippen molar-refractivity contribution in [3.05, 3.63) is 77.8 Å². The third-order valence-electron chi connectivity index (χ3n) is 5.26. The highest BCUT2D eigenvalue weighted by Crippen LogP contribution is 2.24. The van der Waals surface area contributed by atoms with E-state index in [2.05, 4.69) is 22.4 Å². The summed E-state index contributed by atoms with van der Waals surface area (Å²) in [6.45, 7) is 2.10. The van der Waals surface area contributed by atoms with Crippen LogP contribution in [0.15, 0.2) is 66.3 Å². The van der Waals surface area contributed by atoms with Crippen LogP contribution < -0.4 is 5.32 Å². The Bertz CT molecular complexity index is 1340. The molecule has 5 rings (SSSR count). The maximum absolute atomic E-state index is 12.9. The van der Waals surface area contributed by atoms with E-state index in [1.807, 2.05) is 75.1 Å². The second kappa shape index (κ2) is 8.31. The molecule has 31 heavy (non-hydrogen) atoms. The van der Waals surface area contributed by atoms with Crippen molar-refractivity contribution in [3.63, 3.8) is 0 Å². The van der Waals surface area contributed by atoms with E-state index in [0.717, 1.165) is 46.2 Å². The standard InChI is InChI=1S/C23H22N6OS/c1-2-8-18(22-27-26-20-11-6-7-12-28(20)22)24-21(30)13-17-15-31-23-25-19(14-29(17)23)16-9-4-3-5-10-16/h3-7,9-12,14-15,18H,2,8,13H2,1H3,(H,24,30). The molecular weight excluding hydrogens is 408 g/mol. The Hall–Kier alpha value is -3.52. The van der Waals surface area contributed by atoms with Crippen LogP contribution in [0.3, 0.4) is 0 Å². The lowest BCUT2D eigenvalue weighted by atomic mass is 10.1. The van der Waals surface area contributed by atoms with E-state index in [4.69, 9.17) is 4.98 Å². The van der Waals surface area contributed by atoms with E-state index in [1.54, 1.807) is 11.3 Å². The van der Waals surface area contributed by atoms with Crippen molar-refractivity contribution < 1.29 is 4.79 Å². The maximum atomic E-state index is 12.9. The first-order chi connectivity index (χ1) is 15.2. The first-order valence-electron chi connectivity index (χ1n) is 10.3. The first kappa shape index (κ1) is 19.4. The van der Waals surface area contributed by atoms with E-state index in [0.29, 0.717) is 0 Å². The van der Waals surface area contributed by atoms with Crippen molar-refractivity contribution >= 4 is 27.9 Å². The molecule has 4 heterocycles. The Morgan fingerprint density at radius 1 is 1.10 bits per heavy atom. The molecule has 0 aliphatic carbocycles. The fraction of sp³-hybridized carbons (Fsp3) is 0.217. The van der Waals surface area contributed by atoms with Crippen LogP contribution in [0.5, 0.6) is 0 Å². The molecule has 0 spiro atoms. The van der Waals surface area contributed by atoms with Crippen molar-refractivity contribution in [2.45, 2.75) is 32.2 Å². The average molecular weight is 431 g/mol. The van der Waals surface area contributed by atoms with Gasteiger partial charge in [0.2, 0.25) is 5.91 Å². The lowest BCUT2D eigenvalue weighted by Gasteiger charge is -2.16. The molecule has 1 amide bonds. The van der Waals surface area contributed by atoms with Crippen LogP contribution in [-0.4, -0.2) is 29.9 Å². The highest BCUT2D eigenvalue weighted by Gasteiger charge is 2.21. The highest BCUT2D eigenvalue weighted by atomic mass is 32.1. The molecule has 1 unspecified atom stereocenters. The van der Waals surface area contributed by atoms with Crippen LogP contribution in [-0.2, 0) is 11.2 Å². The van der Waals surface area contributed by atoms with Crippen molar-refractivity contribution in [1.29, 1.82) is 0 Å². The first-order valence-corrected chi connectivity index (χ1v) is 11.2. The van der Waals surface area contributed by atoms with E-state index in [1.165, 1.54) is 0 Å². The van der Waals surface area contributed by atoms with Gasteiger partial charge in [0, 0.05) is 29.0 Å². The lowest BCUT2D eigenvalue weighted by molar-refractivity contribution is -0.121. The summed E-state index contributed by atoms with van der Waals surface area (Å²) in [5.41, 5.74) is 3.68. The van der Waals surface area contributed by atoms with Gasteiger partial charge in [0.25, 0.3) is 0 Å². The van der Waals surface area contributed by atoms with E-state index in [9.17, 15) is 4.79 Å². The largest absolute Gasteiger partial charge is 0.346 e. The summed E-state index contributed by atoms with van der Waals surface area (Å²) in [6, 6.07) is 15.7. The monoisotopic (exact) mass is 430 g/mol. The summed E-state index contributed by atoms with van der Waals surface area (Å²) in [5.74, 6) is 0.719. The predicted molar refractivity (Wildman–Crippen MR) is 121 cm³/mol. The summed E-state index contributed by atoms with van der Waals surface area (Å²) >= 11 is 1.55. The number of benzene rings is 1. The number of hydrogen-bond acceptors (Lipinski definition) is 5. The number of fused-ring (bicyclic) bond motifs is 2. The molecule has 0 radical (unpaired) electrons. The topological polar surface area (TPSA) is 76.6 Å². The van der Waals surface area contributed by atoms with E-state index >= 15 is 0 Å². The number of nitrogens with one attached hydrogen (secondary N) is 1. The van der Waals surface area contributed by atoms with Crippen molar-refractivity contribution in [1.82, 2.24) is 29.3 Å². The Labute approximate surface area is 183 Å². The van der Waals surface area contributed by atoms with Crippen molar-refractivity contribution in [3.8, 4) is 11.3 Å². The Balaban J connectivity index is 1.36. The Kier molecular flexibility index (Phi) is 5.21. The highest BCUT2D eigenvalue weighted by molar-refractivity contribution is 7.15. The number of amides is 1. The van der Waals surface area contributed by atoms with Crippen LogP contribution in [0, 0.1) is 0 Å². The minimum Gasteiger partial charge on any atom is -0.346 e. The van der Waals surface area contributed by atoms with Gasteiger partial charge in [-0.1, -0.05) is 49.7 Å². The number of hydrogen-bond donors (Lipinski definition) is 1. The van der Waals surface area contributed by atoms with Crippen LogP contribution in [0.4, 0.5) is 0 Å². The number of aromatic nitrogens is 5. The average Bonchev–Trinajstić information content (AvgIpc) is 3.49. The molecule has 0 aliphatic heterocycles. The summed E-state index contributed by atoms with van der Waals surface area (Å²) < 4.78 is 3.94. The van der Waals surface area contributed by atoms with Gasteiger partial charge in [-0.25, -0.2) is 4.98 Å². The van der Waals surface area contributed by atoms with Gasteiger partial charge in [-0.05, 0) is 18.6 Å². The normalized spacial score (nSPS) is 12.4. The van der Waals surface area contributed by atoms with E-state index in [-0.39, 0.29) is 18.4 Å². The predicted octanol–water partition coefficient (Wildman–Crippen LogP) is 4.31. The zero-order valence-corrected chi connectivity index (χ0v) is 17.9. The second-order valence-corrected chi connectivity index (χ2v) is 8.28. The molecule has 8 heteroatoms. The zero-order valence-electron chi connectivity index (χ0n) is 17.1. The summed E-state index contributed by atoms with van der Waals surface area (Å²) in [4.78, 5) is 18.5. The molecule has 156 valence electrons. The molecule has 7 nitrogen and oxygen atoms in total. The van der Waals surface area contributed by atoms with Crippen LogP contribution in [0.25, 0.3) is 21.9 Å². The third-order valence-corrected chi connectivity index (χ3v) is 6.15. The van der Waals surface area contributed by atoms with Crippen molar-refractivity contribution in [2.75, 3.05) is 0 Å². The number of carbonyl (C=O) groups excluding carboxylic acids is 1. The van der Waals surface area contributed by atoms with Crippen LogP contribution in [0.1, 0.15) is 37.3 Å². The number of carbonyl (C=O) groups is 1. The van der Waals surface area contributed by atoms with Crippen LogP contribution in [0.2, 0.25) is 0 Å². The van der Waals surface area contributed by atoms with E-state index < -0.39 is 0 Å².